The Morgan fingerprint density at radius 1 is 1.35 bits per heavy atom. The van der Waals surface area contributed by atoms with Crippen LogP contribution in [-0.4, -0.2) is 19.4 Å². The van der Waals surface area contributed by atoms with Gasteiger partial charge in [0, 0.05) is 12.2 Å². The number of pyridine rings is 1. The molecule has 1 aliphatic rings. The third-order valence-electron chi connectivity index (χ3n) is 3.82. The van der Waals surface area contributed by atoms with E-state index >= 15 is 0 Å². The van der Waals surface area contributed by atoms with E-state index in [4.69, 9.17) is 23.2 Å². The molecule has 112 valence electrons. The Bertz CT molecular complexity index is 578. The maximum absolute atomic E-state index is 12.4. The minimum atomic E-state index is -3.60. The molecule has 0 aromatic carbocycles. The molecule has 1 aliphatic carbocycles. The first-order valence-corrected chi connectivity index (χ1v) is 9.01. The molecule has 2 atom stereocenters. The van der Waals surface area contributed by atoms with E-state index in [0.29, 0.717) is 5.92 Å². The fraction of sp³-hybridized carbons (Fsp3) is 0.615. The number of nitrogens with zero attached hydrogens (tertiary/aromatic N) is 1. The lowest BCUT2D eigenvalue weighted by Gasteiger charge is -2.31. The SMILES string of the molecule is CCC1CCCCC1NS(=O)(=O)c1cnc(Cl)c(Cl)c1. The number of halogens is 2. The van der Waals surface area contributed by atoms with Crippen molar-refractivity contribution in [2.45, 2.75) is 50.0 Å². The van der Waals surface area contributed by atoms with Gasteiger partial charge in [0.1, 0.15) is 10.0 Å². The maximum atomic E-state index is 12.4. The van der Waals surface area contributed by atoms with Crippen LogP contribution in [0.2, 0.25) is 10.2 Å². The van der Waals surface area contributed by atoms with Gasteiger partial charge in [-0.05, 0) is 24.8 Å². The van der Waals surface area contributed by atoms with Crippen LogP contribution in [-0.2, 0) is 10.0 Å². The molecular formula is C13H18Cl2N2O2S. The minimum Gasteiger partial charge on any atom is -0.242 e. The van der Waals surface area contributed by atoms with E-state index in [9.17, 15) is 8.42 Å². The number of sulfonamides is 1. The van der Waals surface area contributed by atoms with Crippen molar-refractivity contribution >= 4 is 33.2 Å². The molecule has 0 bridgehead atoms. The van der Waals surface area contributed by atoms with Crippen molar-refractivity contribution < 1.29 is 8.42 Å². The van der Waals surface area contributed by atoms with Gasteiger partial charge >= 0.3 is 0 Å². The van der Waals surface area contributed by atoms with Gasteiger partial charge in [-0.2, -0.15) is 0 Å². The van der Waals surface area contributed by atoms with Crippen LogP contribution in [0.15, 0.2) is 17.2 Å². The number of aromatic nitrogens is 1. The second kappa shape index (κ2) is 6.60. The molecule has 4 nitrogen and oxygen atoms in total. The van der Waals surface area contributed by atoms with Crippen LogP contribution in [0.4, 0.5) is 0 Å². The van der Waals surface area contributed by atoms with Crippen molar-refractivity contribution in [1.29, 1.82) is 0 Å². The predicted octanol–water partition coefficient (Wildman–Crippen LogP) is 3.64. The number of nitrogens with one attached hydrogen (secondary N) is 1. The van der Waals surface area contributed by atoms with Crippen molar-refractivity contribution in [3.05, 3.63) is 22.4 Å². The van der Waals surface area contributed by atoms with Crippen molar-refractivity contribution in [3.8, 4) is 0 Å². The zero-order chi connectivity index (χ0) is 14.8. The van der Waals surface area contributed by atoms with Gasteiger partial charge in [0.2, 0.25) is 10.0 Å². The molecule has 20 heavy (non-hydrogen) atoms. The molecule has 1 fully saturated rings. The fourth-order valence-corrected chi connectivity index (χ4v) is 4.31. The summed E-state index contributed by atoms with van der Waals surface area (Å²) in [5.74, 6) is 0.397. The Morgan fingerprint density at radius 3 is 2.70 bits per heavy atom. The highest BCUT2D eigenvalue weighted by molar-refractivity contribution is 7.89. The van der Waals surface area contributed by atoms with Crippen molar-refractivity contribution in [1.82, 2.24) is 9.71 Å². The zero-order valence-electron chi connectivity index (χ0n) is 11.3. The molecule has 1 saturated carbocycles. The highest BCUT2D eigenvalue weighted by Gasteiger charge is 2.28. The van der Waals surface area contributed by atoms with Gasteiger partial charge in [-0.25, -0.2) is 18.1 Å². The van der Waals surface area contributed by atoms with Crippen molar-refractivity contribution in [2.24, 2.45) is 5.92 Å². The summed E-state index contributed by atoms with van der Waals surface area (Å²) in [4.78, 5) is 3.85. The number of hydrogen-bond acceptors (Lipinski definition) is 3. The summed E-state index contributed by atoms with van der Waals surface area (Å²) in [6.07, 6.45) is 6.40. The van der Waals surface area contributed by atoms with Crippen LogP contribution in [0.3, 0.4) is 0 Å². The molecule has 0 aliphatic heterocycles. The molecule has 0 saturated heterocycles. The second-order valence-electron chi connectivity index (χ2n) is 5.12. The molecule has 0 spiro atoms. The van der Waals surface area contributed by atoms with Gasteiger partial charge in [-0.15, -0.1) is 0 Å². The molecule has 1 N–H and O–H groups in total. The molecule has 1 aromatic rings. The molecule has 0 amide bonds. The Morgan fingerprint density at radius 2 is 2.05 bits per heavy atom. The first-order valence-electron chi connectivity index (χ1n) is 6.77. The van der Waals surface area contributed by atoms with Gasteiger partial charge < -0.3 is 0 Å². The average molecular weight is 337 g/mol. The summed E-state index contributed by atoms with van der Waals surface area (Å²) in [5, 5.41) is 0.250. The van der Waals surface area contributed by atoms with Crippen LogP contribution in [0.25, 0.3) is 0 Å². The van der Waals surface area contributed by atoms with E-state index in [1.807, 2.05) is 0 Å². The molecule has 2 rings (SSSR count). The lowest BCUT2D eigenvalue weighted by Crippen LogP contribution is -2.41. The Hall–Kier alpha value is -0.360. The van der Waals surface area contributed by atoms with Gasteiger partial charge in [0.15, 0.2) is 0 Å². The van der Waals surface area contributed by atoms with Gasteiger partial charge in [0.25, 0.3) is 0 Å². The topological polar surface area (TPSA) is 59.1 Å². The van der Waals surface area contributed by atoms with Gasteiger partial charge in [-0.1, -0.05) is 49.4 Å². The number of hydrogen-bond donors (Lipinski definition) is 1. The lowest BCUT2D eigenvalue weighted by atomic mass is 9.83. The summed E-state index contributed by atoms with van der Waals surface area (Å²) in [6.45, 7) is 2.10. The summed E-state index contributed by atoms with van der Waals surface area (Å²) in [7, 11) is -3.60. The predicted molar refractivity (Wildman–Crippen MR) is 80.6 cm³/mol. The maximum Gasteiger partial charge on any atom is 0.242 e. The normalized spacial score (nSPS) is 23.8. The molecule has 7 heteroatoms. The van der Waals surface area contributed by atoms with E-state index in [1.54, 1.807) is 0 Å². The highest BCUT2D eigenvalue weighted by atomic mass is 35.5. The van der Waals surface area contributed by atoms with Crippen molar-refractivity contribution in [2.75, 3.05) is 0 Å². The Kier molecular flexibility index (Phi) is 5.29. The molecule has 0 radical (unpaired) electrons. The van der Waals surface area contributed by atoms with E-state index in [1.165, 1.54) is 18.7 Å². The van der Waals surface area contributed by atoms with Crippen LogP contribution >= 0.6 is 23.2 Å². The first kappa shape index (κ1) is 16.0. The third-order valence-corrected chi connectivity index (χ3v) is 5.96. The monoisotopic (exact) mass is 336 g/mol. The average Bonchev–Trinajstić information content (AvgIpc) is 2.42. The first-order chi connectivity index (χ1) is 9.44. The smallest absolute Gasteiger partial charge is 0.242 e. The van der Waals surface area contributed by atoms with Crippen molar-refractivity contribution in [3.63, 3.8) is 0 Å². The summed E-state index contributed by atoms with van der Waals surface area (Å²) >= 11 is 11.5. The van der Waals surface area contributed by atoms with Crippen LogP contribution in [0.1, 0.15) is 39.0 Å². The third kappa shape index (κ3) is 3.64. The van der Waals surface area contributed by atoms with Crippen LogP contribution in [0, 0.1) is 5.92 Å². The van der Waals surface area contributed by atoms with Gasteiger partial charge in [-0.3, -0.25) is 0 Å². The largest absolute Gasteiger partial charge is 0.242 e. The lowest BCUT2D eigenvalue weighted by molar-refractivity contribution is 0.282. The standard InChI is InChI=1S/C13H18Cl2N2O2S/c1-2-9-5-3-4-6-12(9)17-20(18,19)10-7-11(14)13(15)16-8-10/h7-9,12,17H,2-6H2,1H3. The van der Waals surface area contributed by atoms with E-state index in [2.05, 4.69) is 16.6 Å². The zero-order valence-corrected chi connectivity index (χ0v) is 13.6. The Labute approximate surface area is 129 Å². The number of rotatable bonds is 4. The summed E-state index contributed by atoms with van der Waals surface area (Å²) < 4.78 is 27.5. The van der Waals surface area contributed by atoms with Crippen LogP contribution < -0.4 is 4.72 Å². The minimum absolute atomic E-state index is 0.00629. The molecular weight excluding hydrogens is 319 g/mol. The Balaban J connectivity index is 2.19. The second-order valence-corrected chi connectivity index (χ2v) is 7.60. The molecule has 2 unspecified atom stereocenters. The summed E-state index contributed by atoms with van der Waals surface area (Å²) in [6, 6.07) is 1.33. The molecule has 1 heterocycles. The summed E-state index contributed by atoms with van der Waals surface area (Å²) in [5.41, 5.74) is 0. The highest BCUT2D eigenvalue weighted by Crippen LogP contribution is 2.28. The van der Waals surface area contributed by atoms with E-state index < -0.39 is 10.0 Å². The van der Waals surface area contributed by atoms with Crippen LogP contribution in [0.5, 0.6) is 0 Å². The molecule has 1 aromatic heterocycles. The van der Waals surface area contributed by atoms with E-state index in [0.717, 1.165) is 25.7 Å². The quantitative estimate of drug-likeness (QED) is 0.854. The fourth-order valence-electron chi connectivity index (χ4n) is 2.67. The van der Waals surface area contributed by atoms with Gasteiger partial charge in [0.05, 0.1) is 5.02 Å². The van der Waals surface area contributed by atoms with E-state index in [-0.39, 0.29) is 21.1 Å².